The van der Waals surface area contributed by atoms with Crippen molar-refractivity contribution in [3.63, 3.8) is 0 Å². The Morgan fingerprint density at radius 2 is 1.76 bits per heavy atom. The lowest BCUT2D eigenvalue weighted by molar-refractivity contribution is -0.145. The number of methoxy groups -OCH3 is 1. The van der Waals surface area contributed by atoms with Crippen LogP contribution in [0.15, 0.2) is 36.4 Å². The summed E-state index contributed by atoms with van der Waals surface area (Å²) in [5, 5.41) is 12.0. The van der Waals surface area contributed by atoms with Gasteiger partial charge in [0.15, 0.2) is 0 Å². The number of carbonyl (C=O) groups is 2. The van der Waals surface area contributed by atoms with Crippen molar-refractivity contribution in [1.82, 2.24) is 0 Å². The summed E-state index contributed by atoms with van der Waals surface area (Å²) in [6.45, 7) is 0. The van der Waals surface area contributed by atoms with Crippen LogP contribution in [-0.2, 0) is 14.3 Å². The lowest BCUT2D eigenvalue weighted by Gasteiger charge is -2.21. The molecule has 110 valence electrons. The van der Waals surface area contributed by atoms with Gasteiger partial charge in [0.1, 0.15) is 11.7 Å². The first-order valence-electron chi connectivity index (χ1n) is 6.61. The number of hydrogen-bond acceptors (Lipinski definition) is 4. The zero-order chi connectivity index (χ0) is 15.0. The summed E-state index contributed by atoms with van der Waals surface area (Å²) >= 11 is 0. The summed E-state index contributed by atoms with van der Waals surface area (Å²) < 4.78 is 10.5. The van der Waals surface area contributed by atoms with Gasteiger partial charge in [0.25, 0.3) is 0 Å². The molecule has 0 unspecified atom stereocenters. The van der Waals surface area contributed by atoms with Crippen LogP contribution in [0, 0.1) is 11.8 Å². The topological polar surface area (TPSA) is 84.9 Å². The molecule has 21 heavy (non-hydrogen) atoms. The van der Waals surface area contributed by atoms with Gasteiger partial charge in [-0.25, -0.2) is 0 Å². The molecule has 0 aromatic heterocycles. The number of carboxylic acid groups (broad SMARTS) is 1. The SMILES string of the molecule is COc1ccc(NC(=O)[C@@H]2[C@@H](C(=O)O)[C@@H]3C=C[C@H]2O3)cc1. The molecule has 1 aromatic rings. The lowest BCUT2D eigenvalue weighted by Crippen LogP contribution is -2.39. The van der Waals surface area contributed by atoms with Crippen molar-refractivity contribution in [2.45, 2.75) is 12.2 Å². The molecular weight excluding hydrogens is 274 g/mol. The van der Waals surface area contributed by atoms with E-state index in [0.717, 1.165) is 0 Å². The molecular formula is C15H15NO5. The molecule has 1 fully saturated rings. The Morgan fingerprint density at radius 1 is 1.14 bits per heavy atom. The van der Waals surface area contributed by atoms with Gasteiger partial charge >= 0.3 is 5.97 Å². The molecule has 3 rings (SSSR count). The maximum absolute atomic E-state index is 12.4. The Kier molecular flexibility index (Phi) is 3.39. The average molecular weight is 289 g/mol. The van der Waals surface area contributed by atoms with Crippen molar-refractivity contribution in [1.29, 1.82) is 0 Å². The Labute approximate surface area is 121 Å². The molecule has 0 aliphatic carbocycles. The predicted octanol–water partition coefficient (Wildman–Crippen LogP) is 1.29. The van der Waals surface area contributed by atoms with Crippen LogP contribution in [0.1, 0.15) is 0 Å². The van der Waals surface area contributed by atoms with E-state index in [0.29, 0.717) is 11.4 Å². The zero-order valence-electron chi connectivity index (χ0n) is 11.4. The molecule has 1 aromatic carbocycles. The van der Waals surface area contributed by atoms with Crippen LogP contribution in [0.5, 0.6) is 5.75 Å². The summed E-state index contributed by atoms with van der Waals surface area (Å²) in [5.74, 6) is -2.22. The Morgan fingerprint density at radius 3 is 2.33 bits per heavy atom. The highest BCUT2D eigenvalue weighted by atomic mass is 16.5. The number of anilines is 1. The second-order valence-electron chi connectivity index (χ2n) is 5.06. The van der Waals surface area contributed by atoms with E-state index in [1.165, 1.54) is 0 Å². The zero-order valence-corrected chi connectivity index (χ0v) is 11.4. The lowest BCUT2D eigenvalue weighted by atomic mass is 9.82. The third-order valence-corrected chi connectivity index (χ3v) is 3.84. The standard InChI is InChI=1S/C15H15NO5/c1-20-9-4-2-8(3-5-9)16-14(17)12-10-6-7-11(21-10)13(12)15(18)19/h2-7,10-13H,1H3,(H,16,17)(H,18,19)/t10-,11+,12+,13+/m1/s1. The van der Waals surface area contributed by atoms with Gasteiger partial charge in [-0.3, -0.25) is 9.59 Å². The number of hydrogen-bond donors (Lipinski definition) is 2. The number of ether oxygens (including phenoxy) is 2. The number of carboxylic acids is 1. The second-order valence-corrected chi connectivity index (χ2v) is 5.06. The van der Waals surface area contributed by atoms with Gasteiger partial charge < -0.3 is 19.9 Å². The van der Waals surface area contributed by atoms with E-state index >= 15 is 0 Å². The fourth-order valence-corrected chi connectivity index (χ4v) is 2.81. The largest absolute Gasteiger partial charge is 0.497 e. The quantitative estimate of drug-likeness (QED) is 0.816. The molecule has 1 saturated heterocycles. The second kappa shape index (κ2) is 5.21. The first-order chi connectivity index (χ1) is 10.1. The summed E-state index contributed by atoms with van der Waals surface area (Å²) in [7, 11) is 1.56. The number of rotatable bonds is 4. The maximum atomic E-state index is 12.4. The molecule has 2 aliphatic heterocycles. The summed E-state index contributed by atoms with van der Waals surface area (Å²) in [6.07, 6.45) is 2.48. The molecule has 0 spiro atoms. The summed E-state index contributed by atoms with van der Waals surface area (Å²) in [4.78, 5) is 23.7. The van der Waals surface area contributed by atoms with Gasteiger partial charge in [0.2, 0.25) is 5.91 Å². The molecule has 6 nitrogen and oxygen atoms in total. The smallest absolute Gasteiger partial charge is 0.310 e. The van der Waals surface area contributed by atoms with Gasteiger partial charge in [0.05, 0.1) is 25.2 Å². The highest BCUT2D eigenvalue weighted by molar-refractivity contribution is 5.96. The fourth-order valence-electron chi connectivity index (χ4n) is 2.81. The minimum Gasteiger partial charge on any atom is -0.497 e. The van der Waals surface area contributed by atoms with Crippen LogP contribution in [0.3, 0.4) is 0 Å². The predicted molar refractivity (Wildman–Crippen MR) is 74.0 cm³/mol. The monoisotopic (exact) mass is 289 g/mol. The molecule has 2 heterocycles. The van der Waals surface area contributed by atoms with Crippen LogP contribution in [0.2, 0.25) is 0 Å². The van der Waals surface area contributed by atoms with Gasteiger partial charge in [-0.1, -0.05) is 12.2 Å². The van der Waals surface area contributed by atoms with E-state index < -0.39 is 30.0 Å². The van der Waals surface area contributed by atoms with Crippen molar-refractivity contribution in [2.75, 3.05) is 12.4 Å². The first-order valence-corrected chi connectivity index (χ1v) is 6.61. The number of nitrogens with one attached hydrogen (secondary N) is 1. The van der Waals surface area contributed by atoms with Crippen LogP contribution < -0.4 is 10.1 Å². The van der Waals surface area contributed by atoms with Crippen LogP contribution >= 0.6 is 0 Å². The van der Waals surface area contributed by atoms with E-state index in [1.807, 2.05) is 0 Å². The van der Waals surface area contributed by atoms with Gasteiger partial charge in [-0.2, -0.15) is 0 Å². The average Bonchev–Trinajstić information content (AvgIpc) is 3.08. The normalized spacial score (nSPS) is 29.4. The Hall–Kier alpha value is -2.34. The molecule has 2 N–H and O–H groups in total. The molecule has 0 radical (unpaired) electrons. The van der Waals surface area contributed by atoms with E-state index in [-0.39, 0.29) is 5.91 Å². The number of aliphatic carboxylic acids is 1. The van der Waals surface area contributed by atoms with Gasteiger partial charge in [0, 0.05) is 5.69 Å². The molecule has 1 amide bonds. The van der Waals surface area contributed by atoms with Crippen molar-refractivity contribution < 1.29 is 24.2 Å². The molecule has 6 heteroatoms. The Balaban J connectivity index is 1.75. The van der Waals surface area contributed by atoms with Crippen LogP contribution in [0.4, 0.5) is 5.69 Å². The molecule has 2 aliphatic rings. The third-order valence-electron chi connectivity index (χ3n) is 3.84. The molecule has 0 saturated carbocycles. The van der Waals surface area contributed by atoms with Crippen molar-refractivity contribution in [3.05, 3.63) is 36.4 Å². The van der Waals surface area contributed by atoms with Crippen molar-refractivity contribution in [3.8, 4) is 5.75 Å². The van der Waals surface area contributed by atoms with E-state index in [9.17, 15) is 14.7 Å². The molecule has 4 atom stereocenters. The van der Waals surface area contributed by atoms with E-state index in [4.69, 9.17) is 9.47 Å². The highest BCUT2D eigenvalue weighted by Crippen LogP contribution is 2.39. The van der Waals surface area contributed by atoms with Crippen LogP contribution in [0.25, 0.3) is 0 Å². The third kappa shape index (κ3) is 2.38. The van der Waals surface area contributed by atoms with Gasteiger partial charge in [-0.05, 0) is 24.3 Å². The first kappa shape index (κ1) is 13.6. The fraction of sp³-hybridized carbons (Fsp3) is 0.333. The number of carbonyl (C=O) groups excluding carboxylic acids is 1. The van der Waals surface area contributed by atoms with E-state index in [1.54, 1.807) is 43.5 Å². The van der Waals surface area contributed by atoms with Gasteiger partial charge in [-0.15, -0.1) is 0 Å². The summed E-state index contributed by atoms with van der Waals surface area (Å²) in [5.41, 5.74) is 0.594. The number of amides is 1. The van der Waals surface area contributed by atoms with E-state index in [2.05, 4.69) is 5.32 Å². The summed E-state index contributed by atoms with van der Waals surface area (Å²) in [6, 6.07) is 6.86. The van der Waals surface area contributed by atoms with Crippen LogP contribution in [-0.4, -0.2) is 36.3 Å². The molecule has 2 bridgehead atoms. The number of fused-ring (bicyclic) bond motifs is 2. The van der Waals surface area contributed by atoms with Crippen molar-refractivity contribution >= 4 is 17.6 Å². The highest BCUT2D eigenvalue weighted by Gasteiger charge is 2.53. The minimum absolute atomic E-state index is 0.343. The minimum atomic E-state index is -1.01. The van der Waals surface area contributed by atoms with Crippen molar-refractivity contribution in [2.24, 2.45) is 11.8 Å². The number of benzene rings is 1. The maximum Gasteiger partial charge on any atom is 0.310 e. The Bertz CT molecular complexity index is 595.